The van der Waals surface area contributed by atoms with E-state index >= 15 is 0 Å². The van der Waals surface area contributed by atoms with Crippen molar-refractivity contribution in [3.05, 3.63) is 33.8 Å². The molecule has 112 valence electrons. The maximum absolute atomic E-state index is 6.33. The van der Waals surface area contributed by atoms with Gasteiger partial charge in [-0.1, -0.05) is 35.3 Å². The van der Waals surface area contributed by atoms with Crippen molar-refractivity contribution in [3.8, 4) is 0 Å². The third-order valence-corrected chi connectivity index (χ3v) is 5.64. The van der Waals surface area contributed by atoms with Crippen LogP contribution in [0.5, 0.6) is 0 Å². The molecule has 1 aliphatic rings. The lowest BCUT2D eigenvalue weighted by Gasteiger charge is -2.24. The number of rotatable bonds is 5. The fraction of sp³-hybridized carbons (Fsp3) is 0.600. The number of nitrogens with one attached hydrogen (secondary N) is 1. The largest absolute Gasteiger partial charge is 0.313 e. The molecule has 0 spiro atoms. The molecule has 0 bridgehead atoms. The Morgan fingerprint density at radius 1 is 1.30 bits per heavy atom. The predicted molar refractivity (Wildman–Crippen MR) is 91.3 cm³/mol. The summed E-state index contributed by atoms with van der Waals surface area (Å²) in [4.78, 5) is 2.56. The van der Waals surface area contributed by atoms with E-state index < -0.39 is 0 Å². The van der Waals surface area contributed by atoms with E-state index in [2.05, 4.69) is 28.0 Å². The van der Waals surface area contributed by atoms with Crippen LogP contribution in [-0.4, -0.2) is 43.1 Å². The summed E-state index contributed by atoms with van der Waals surface area (Å²) < 4.78 is 0. The zero-order valence-electron chi connectivity index (χ0n) is 11.9. The maximum atomic E-state index is 6.33. The van der Waals surface area contributed by atoms with Gasteiger partial charge in [-0.05, 0) is 50.4 Å². The fourth-order valence-electron chi connectivity index (χ4n) is 2.58. The van der Waals surface area contributed by atoms with Gasteiger partial charge in [0.1, 0.15) is 0 Å². The molecule has 0 radical (unpaired) electrons. The lowest BCUT2D eigenvalue weighted by atomic mass is 10.0. The number of nitrogens with zero attached hydrogens (tertiary/aromatic N) is 1. The summed E-state index contributed by atoms with van der Waals surface area (Å²) in [5, 5.41) is 4.68. The van der Waals surface area contributed by atoms with Crippen LogP contribution in [-0.2, 0) is 0 Å². The van der Waals surface area contributed by atoms with Gasteiger partial charge in [0.25, 0.3) is 0 Å². The van der Waals surface area contributed by atoms with Crippen molar-refractivity contribution >= 4 is 35.0 Å². The monoisotopic (exact) mass is 332 g/mol. The first-order valence-corrected chi connectivity index (χ1v) is 9.04. The first-order valence-electron chi connectivity index (χ1n) is 7.13. The summed E-state index contributed by atoms with van der Waals surface area (Å²) in [5.74, 6) is 2.55. The van der Waals surface area contributed by atoms with Gasteiger partial charge in [-0.25, -0.2) is 0 Å². The van der Waals surface area contributed by atoms with Crippen LogP contribution in [0.25, 0.3) is 0 Å². The van der Waals surface area contributed by atoms with Gasteiger partial charge >= 0.3 is 0 Å². The quantitative estimate of drug-likeness (QED) is 0.874. The van der Waals surface area contributed by atoms with Gasteiger partial charge in [-0.3, -0.25) is 0 Å². The van der Waals surface area contributed by atoms with Crippen LogP contribution >= 0.6 is 35.0 Å². The molecule has 0 aliphatic carbocycles. The van der Waals surface area contributed by atoms with Crippen molar-refractivity contribution in [2.24, 2.45) is 0 Å². The van der Waals surface area contributed by atoms with Crippen molar-refractivity contribution in [1.82, 2.24) is 10.2 Å². The molecule has 1 unspecified atom stereocenters. The minimum Gasteiger partial charge on any atom is -0.313 e. The van der Waals surface area contributed by atoms with Gasteiger partial charge in [-0.15, -0.1) is 0 Å². The van der Waals surface area contributed by atoms with E-state index in [1.807, 2.05) is 19.2 Å². The molecule has 1 aromatic carbocycles. The average Bonchev–Trinajstić information content (AvgIpc) is 2.72. The fourth-order valence-corrected chi connectivity index (χ4v) is 3.94. The number of halogens is 2. The van der Waals surface area contributed by atoms with Crippen LogP contribution in [0.1, 0.15) is 24.4 Å². The van der Waals surface area contributed by atoms with Crippen LogP contribution in [0.15, 0.2) is 18.2 Å². The molecular formula is C15H22Cl2N2S. The highest BCUT2D eigenvalue weighted by atomic mass is 35.5. The van der Waals surface area contributed by atoms with Crippen molar-refractivity contribution < 1.29 is 0 Å². The molecule has 1 N–H and O–H groups in total. The summed E-state index contributed by atoms with van der Waals surface area (Å²) >= 11 is 14.5. The Hall–Kier alpha value is 0.0700. The lowest BCUT2D eigenvalue weighted by Crippen LogP contribution is -2.30. The molecule has 20 heavy (non-hydrogen) atoms. The number of benzene rings is 1. The molecule has 0 amide bonds. The molecule has 1 saturated heterocycles. The van der Waals surface area contributed by atoms with Crippen LogP contribution < -0.4 is 5.32 Å². The van der Waals surface area contributed by atoms with Gasteiger partial charge in [0.15, 0.2) is 0 Å². The standard InChI is InChI=1S/C15H22Cl2N2S/c1-18-14(12-4-2-5-13(16)15(12)17)6-8-19-7-3-10-20-11-9-19/h2,4-5,14,18H,3,6-11H2,1H3. The second-order valence-electron chi connectivity index (χ2n) is 5.08. The minimum absolute atomic E-state index is 0.261. The highest BCUT2D eigenvalue weighted by molar-refractivity contribution is 7.99. The lowest BCUT2D eigenvalue weighted by molar-refractivity contribution is 0.277. The molecule has 5 heteroatoms. The van der Waals surface area contributed by atoms with Crippen molar-refractivity contribution in [1.29, 1.82) is 0 Å². The molecule has 2 rings (SSSR count). The van der Waals surface area contributed by atoms with Crippen molar-refractivity contribution in [2.45, 2.75) is 18.9 Å². The van der Waals surface area contributed by atoms with Gasteiger partial charge in [0.05, 0.1) is 10.0 Å². The molecule has 0 saturated carbocycles. The van der Waals surface area contributed by atoms with Gasteiger partial charge in [-0.2, -0.15) is 11.8 Å². The van der Waals surface area contributed by atoms with Crippen LogP contribution in [0.2, 0.25) is 10.0 Å². The zero-order valence-corrected chi connectivity index (χ0v) is 14.2. The van der Waals surface area contributed by atoms with Crippen LogP contribution in [0, 0.1) is 0 Å². The second kappa shape index (κ2) is 8.50. The Morgan fingerprint density at radius 2 is 2.15 bits per heavy atom. The molecule has 1 fully saturated rings. The highest BCUT2D eigenvalue weighted by Gasteiger charge is 2.17. The summed E-state index contributed by atoms with van der Waals surface area (Å²) in [7, 11) is 1.99. The topological polar surface area (TPSA) is 15.3 Å². The van der Waals surface area contributed by atoms with E-state index in [1.54, 1.807) is 0 Å². The van der Waals surface area contributed by atoms with Gasteiger partial charge in [0.2, 0.25) is 0 Å². The molecular weight excluding hydrogens is 311 g/mol. The average molecular weight is 333 g/mol. The van der Waals surface area contributed by atoms with Crippen LogP contribution in [0.3, 0.4) is 0 Å². The number of hydrogen-bond donors (Lipinski definition) is 1. The van der Waals surface area contributed by atoms with Gasteiger partial charge < -0.3 is 10.2 Å². The Labute approximate surface area is 136 Å². The molecule has 1 aliphatic heterocycles. The van der Waals surface area contributed by atoms with E-state index in [4.69, 9.17) is 23.2 Å². The van der Waals surface area contributed by atoms with Gasteiger partial charge in [0, 0.05) is 18.3 Å². The Kier molecular flexibility index (Phi) is 6.99. The zero-order chi connectivity index (χ0) is 14.4. The normalized spacial score (nSPS) is 18.8. The van der Waals surface area contributed by atoms with Crippen molar-refractivity contribution in [2.75, 3.05) is 38.2 Å². The maximum Gasteiger partial charge on any atom is 0.0640 e. The summed E-state index contributed by atoms with van der Waals surface area (Å²) in [6.45, 7) is 3.52. The minimum atomic E-state index is 0.261. The number of hydrogen-bond acceptors (Lipinski definition) is 3. The van der Waals surface area contributed by atoms with E-state index in [-0.39, 0.29) is 6.04 Å². The third kappa shape index (κ3) is 4.54. The SMILES string of the molecule is CNC(CCN1CCCSCC1)c1cccc(Cl)c1Cl. The Morgan fingerprint density at radius 3 is 2.95 bits per heavy atom. The highest BCUT2D eigenvalue weighted by Crippen LogP contribution is 2.31. The molecule has 1 aromatic rings. The second-order valence-corrected chi connectivity index (χ2v) is 7.09. The molecule has 0 aromatic heterocycles. The van der Waals surface area contributed by atoms with E-state index in [0.717, 1.165) is 18.5 Å². The molecule has 2 nitrogen and oxygen atoms in total. The van der Waals surface area contributed by atoms with E-state index in [0.29, 0.717) is 10.0 Å². The van der Waals surface area contributed by atoms with E-state index in [9.17, 15) is 0 Å². The summed E-state index contributed by atoms with van der Waals surface area (Å²) in [6.07, 6.45) is 2.36. The predicted octanol–water partition coefficient (Wildman–Crippen LogP) is 4.08. The summed E-state index contributed by atoms with van der Waals surface area (Å²) in [5.41, 5.74) is 1.10. The first kappa shape index (κ1) is 16.4. The third-order valence-electron chi connectivity index (χ3n) is 3.75. The number of thioether (sulfide) groups is 1. The molecule has 1 heterocycles. The molecule has 1 atom stereocenters. The Bertz CT molecular complexity index is 420. The first-order chi connectivity index (χ1) is 9.72. The van der Waals surface area contributed by atoms with E-state index in [1.165, 1.54) is 31.0 Å². The smallest absolute Gasteiger partial charge is 0.0640 e. The van der Waals surface area contributed by atoms with Crippen LogP contribution in [0.4, 0.5) is 0 Å². The Balaban J connectivity index is 1.96. The summed E-state index contributed by atoms with van der Waals surface area (Å²) in [6, 6.07) is 6.13. The van der Waals surface area contributed by atoms with Crippen molar-refractivity contribution in [3.63, 3.8) is 0 Å².